The number of carbonyl (C=O) groups excluding carboxylic acids is 1. The number of ether oxygens (including phenoxy) is 2. The lowest BCUT2D eigenvalue weighted by Crippen LogP contribution is -2.47. The summed E-state index contributed by atoms with van der Waals surface area (Å²) in [6.07, 6.45) is 1.60. The molecule has 1 aliphatic heterocycles. The third-order valence-corrected chi connectivity index (χ3v) is 5.59. The second-order valence-corrected chi connectivity index (χ2v) is 7.36. The Morgan fingerprint density at radius 3 is 2.76 bits per heavy atom. The second-order valence-electron chi connectivity index (χ2n) is 7.36. The van der Waals surface area contributed by atoms with Gasteiger partial charge in [-0.3, -0.25) is 4.79 Å². The Labute approximate surface area is 125 Å². The van der Waals surface area contributed by atoms with E-state index >= 15 is 0 Å². The minimum atomic E-state index is -0.900. The average molecular weight is 298 g/mol. The van der Waals surface area contributed by atoms with Crippen LogP contribution in [0.25, 0.3) is 0 Å². The van der Waals surface area contributed by atoms with E-state index in [1.54, 1.807) is 13.8 Å². The molecule has 2 N–H and O–H groups in total. The molecule has 0 aromatic heterocycles. The van der Waals surface area contributed by atoms with Gasteiger partial charge < -0.3 is 19.7 Å². The molecule has 1 saturated heterocycles. The van der Waals surface area contributed by atoms with Crippen molar-refractivity contribution in [3.8, 4) is 0 Å². The topological polar surface area (TPSA) is 76.0 Å². The van der Waals surface area contributed by atoms with E-state index in [1.807, 2.05) is 6.92 Å². The van der Waals surface area contributed by atoms with Gasteiger partial charge in [0.25, 0.3) is 0 Å². The average Bonchev–Trinajstić information content (AvgIpc) is 2.99. The Hall–Kier alpha value is -0.650. The highest BCUT2D eigenvalue weighted by molar-refractivity contribution is 5.77. The van der Waals surface area contributed by atoms with Gasteiger partial charge in [0.05, 0.1) is 23.7 Å². The van der Waals surface area contributed by atoms with E-state index in [2.05, 4.69) is 0 Å². The van der Waals surface area contributed by atoms with Crippen LogP contribution < -0.4 is 0 Å². The van der Waals surface area contributed by atoms with Crippen LogP contribution in [0, 0.1) is 23.7 Å². The van der Waals surface area contributed by atoms with E-state index in [9.17, 15) is 15.0 Å². The number of fused-ring (bicyclic) bond motifs is 1. The van der Waals surface area contributed by atoms with Crippen molar-refractivity contribution in [3.05, 3.63) is 0 Å². The monoisotopic (exact) mass is 298 g/mol. The molecule has 0 spiro atoms. The summed E-state index contributed by atoms with van der Waals surface area (Å²) in [4.78, 5) is 12.1. The lowest BCUT2D eigenvalue weighted by molar-refractivity contribution is -0.148. The first-order chi connectivity index (χ1) is 9.84. The molecule has 3 rings (SSSR count). The van der Waals surface area contributed by atoms with E-state index in [1.165, 1.54) is 0 Å². The number of carbonyl (C=O) groups is 1. The Morgan fingerprint density at radius 2 is 2.14 bits per heavy atom. The van der Waals surface area contributed by atoms with Crippen molar-refractivity contribution in [3.63, 3.8) is 0 Å². The number of rotatable bonds is 6. The summed E-state index contributed by atoms with van der Waals surface area (Å²) in [7, 11) is 0. The van der Waals surface area contributed by atoms with Gasteiger partial charge in [-0.05, 0) is 39.0 Å². The maximum Gasteiger partial charge on any atom is 0.310 e. The summed E-state index contributed by atoms with van der Waals surface area (Å²) < 4.78 is 11.5. The summed E-state index contributed by atoms with van der Waals surface area (Å²) in [5.74, 6) is -0.0505. The fourth-order valence-corrected chi connectivity index (χ4v) is 4.72. The van der Waals surface area contributed by atoms with E-state index in [4.69, 9.17) is 9.47 Å². The highest BCUT2D eigenvalue weighted by atomic mass is 16.6. The Kier molecular flexibility index (Phi) is 3.79. The molecule has 0 amide bonds. The second kappa shape index (κ2) is 5.21. The van der Waals surface area contributed by atoms with E-state index in [0.29, 0.717) is 19.4 Å². The van der Waals surface area contributed by atoms with Crippen LogP contribution in [0.5, 0.6) is 0 Å². The van der Waals surface area contributed by atoms with E-state index in [0.717, 1.165) is 6.42 Å². The zero-order valence-corrected chi connectivity index (χ0v) is 13.0. The maximum absolute atomic E-state index is 12.1. The molecule has 1 heterocycles. The lowest BCUT2D eigenvalue weighted by atomic mass is 9.71. The molecule has 7 atom stereocenters. The molecule has 2 saturated carbocycles. The first-order valence-electron chi connectivity index (χ1n) is 8.07. The van der Waals surface area contributed by atoms with Crippen molar-refractivity contribution in [2.24, 2.45) is 23.7 Å². The largest absolute Gasteiger partial charge is 0.459 e. The van der Waals surface area contributed by atoms with Crippen LogP contribution in [0.2, 0.25) is 0 Å². The van der Waals surface area contributed by atoms with Crippen molar-refractivity contribution in [2.45, 2.75) is 63.9 Å². The minimum absolute atomic E-state index is 0.0881. The predicted octanol–water partition coefficient (Wildman–Crippen LogP) is 1.11. The van der Waals surface area contributed by atoms with Crippen LogP contribution in [0.1, 0.15) is 40.0 Å². The van der Waals surface area contributed by atoms with Crippen LogP contribution >= 0.6 is 0 Å². The first kappa shape index (κ1) is 15.3. The van der Waals surface area contributed by atoms with Gasteiger partial charge in [-0.25, -0.2) is 0 Å². The summed E-state index contributed by atoms with van der Waals surface area (Å²) in [6.45, 7) is 5.96. The van der Waals surface area contributed by atoms with Gasteiger partial charge in [0.15, 0.2) is 0 Å². The first-order valence-corrected chi connectivity index (χ1v) is 8.07. The minimum Gasteiger partial charge on any atom is -0.459 e. The van der Waals surface area contributed by atoms with Gasteiger partial charge in [-0.2, -0.15) is 0 Å². The Bertz CT molecular complexity index is 415. The smallest absolute Gasteiger partial charge is 0.310 e. The summed E-state index contributed by atoms with van der Waals surface area (Å²) in [5, 5.41) is 20.1. The third-order valence-electron chi connectivity index (χ3n) is 5.59. The van der Waals surface area contributed by atoms with Crippen molar-refractivity contribution < 1.29 is 24.5 Å². The summed E-state index contributed by atoms with van der Waals surface area (Å²) in [5.41, 5.74) is -0.900. The van der Waals surface area contributed by atoms with Crippen LogP contribution in [-0.2, 0) is 14.3 Å². The molecule has 3 fully saturated rings. The molecular weight excluding hydrogens is 272 g/mol. The molecule has 120 valence electrons. The van der Waals surface area contributed by atoms with E-state index in [-0.39, 0.29) is 48.0 Å². The number of aliphatic hydroxyl groups excluding tert-OH is 1. The molecule has 0 radical (unpaired) electrons. The number of aliphatic hydroxyl groups is 2. The molecular formula is C16H26O5. The van der Waals surface area contributed by atoms with E-state index < -0.39 is 5.60 Å². The van der Waals surface area contributed by atoms with Crippen molar-refractivity contribution in [1.82, 2.24) is 0 Å². The van der Waals surface area contributed by atoms with Crippen LogP contribution in [0.3, 0.4) is 0 Å². The van der Waals surface area contributed by atoms with Crippen LogP contribution in [0.4, 0.5) is 0 Å². The number of hydrogen-bond acceptors (Lipinski definition) is 5. The van der Waals surface area contributed by atoms with Crippen LogP contribution in [0.15, 0.2) is 0 Å². The zero-order chi connectivity index (χ0) is 15.4. The van der Waals surface area contributed by atoms with Crippen molar-refractivity contribution >= 4 is 5.97 Å². The molecule has 3 aliphatic rings. The van der Waals surface area contributed by atoms with Gasteiger partial charge >= 0.3 is 5.97 Å². The van der Waals surface area contributed by atoms with Crippen molar-refractivity contribution in [1.29, 1.82) is 0 Å². The molecule has 7 unspecified atom stereocenters. The number of hydrogen-bond donors (Lipinski definition) is 2. The van der Waals surface area contributed by atoms with Gasteiger partial charge in [0, 0.05) is 18.4 Å². The highest BCUT2D eigenvalue weighted by Crippen LogP contribution is 2.61. The van der Waals surface area contributed by atoms with Gasteiger partial charge in [0.1, 0.15) is 6.10 Å². The summed E-state index contributed by atoms with van der Waals surface area (Å²) >= 11 is 0. The fraction of sp³-hybridized carbons (Fsp3) is 0.938. The molecule has 0 aromatic rings. The fourth-order valence-electron chi connectivity index (χ4n) is 4.72. The third kappa shape index (κ3) is 2.39. The summed E-state index contributed by atoms with van der Waals surface area (Å²) in [6, 6.07) is 0. The Morgan fingerprint density at radius 1 is 1.43 bits per heavy atom. The molecule has 21 heavy (non-hydrogen) atoms. The molecule has 2 aliphatic carbocycles. The number of esters is 1. The molecule has 2 bridgehead atoms. The van der Waals surface area contributed by atoms with Gasteiger partial charge in [-0.1, -0.05) is 6.92 Å². The normalized spacial score (nSPS) is 42.4. The lowest BCUT2D eigenvalue weighted by Gasteiger charge is -2.38. The Balaban J connectivity index is 1.71. The quantitative estimate of drug-likeness (QED) is 0.719. The maximum atomic E-state index is 12.1. The molecule has 5 heteroatoms. The molecule has 0 aromatic carbocycles. The van der Waals surface area contributed by atoms with Gasteiger partial charge in [0.2, 0.25) is 0 Å². The SMILES string of the molecule is CCC(O)CCOC1C2CC3C1OC(=O)C3C2C(C)(C)O. The molecule has 5 nitrogen and oxygen atoms in total. The van der Waals surface area contributed by atoms with Crippen LogP contribution in [-0.4, -0.2) is 46.7 Å². The standard InChI is InChI=1S/C16H26O5/c1-4-8(17)5-6-20-13-10-7-9-11(12(10)16(2,3)19)15(18)21-14(9)13/h8-14,17,19H,4-7H2,1-3H3. The van der Waals surface area contributed by atoms with Crippen molar-refractivity contribution in [2.75, 3.05) is 6.61 Å². The predicted molar refractivity (Wildman–Crippen MR) is 75.4 cm³/mol. The highest BCUT2D eigenvalue weighted by Gasteiger charge is 2.69. The van der Waals surface area contributed by atoms with Gasteiger partial charge in [-0.15, -0.1) is 0 Å². The zero-order valence-electron chi connectivity index (χ0n) is 13.0.